The monoisotopic (exact) mass is 455 g/mol. The molecule has 1 aromatic carbocycles. The summed E-state index contributed by atoms with van der Waals surface area (Å²) < 4.78 is 9.42. The van der Waals surface area contributed by atoms with Gasteiger partial charge in [-0.1, -0.05) is 11.6 Å². The Morgan fingerprint density at radius 1 is 1.26 bits per heavy atom. The molecule has 9 heteroatoms. The molecule has 31 heavy (non-hydrogen) atoms. The van der Waals surface area contributed by atoms with E-state index in [2.05, 4.69) is 15.5 Å². The van der Waals surface area contributed by atoms with E-state index in [1.54, 1.807) is 21.6 Å². The van der Waals surface area contributed by atoms with Gasteiger partial charge in [0.25, 0.3) is 5.91 Å². The van der Waals surface area contributed by atoms with Gasteiger partial charge in [0.1, 0.15) is 12.4 Å². The molecule has 0 saturated heterocycles. The second kappa shape index (κ2) is 8.95. The van der Waals surface area contributed by atoms with Crippen molar-refractivity contribution in [3.05, 3.63) is 80.5 Å². The van der Waals surface area contributed by atoms with Crippen LogP contribution in [-0.2, 0) is 20.2 Å². The van der Waals surface area contributed by atoms with E-state index in [1.807, 2.05) is 56.9 Å². The van der Waals surface area contributed by atoms with Crippen LogP contribution in [0.25, 0.3) is 0 Å². The summed E-state index contributed by atoms with van der Waals surface area (Å²) in [5.41, 5.74) is 4.61. The van der Waals surface area contributed by atoms with Gasteiger partial charge in [0, 0.05) is 35.6 Å². The van der Waals surface area contributed by atoms with Crippen LogP contribution in [0.3, 0.4) is 0 Å². The molecular weight excluding hydrogens is 434 g/mol. The summed E-state index contributed by atoms with van der Waals surface area (Å²) in [4.78, 5) is 13.2. The molecule has 4 rings (SSSR count). The Morgan fingerprint density at radius 3 is 2.84 bits per heavy atom. The molecule has 160 valence electrons. The lowest BCUT2D eigenvalue weighted by Crippen LogP contribution is -2.09. The van der Waals surface area contributed by atoms with Crippen LogP contribution in [0, 0.1) is 13.8 Å². The third-order valence-corrected chi connectivity index (χ3v) is 5.96. The summed E-state index contributed by atoms with van der Waals surface area (Å²) in [5.74, 6) is 0.605. The molecule has 0 radical (unpaired) electrons. The Kier molecular flexibility index (Phi) is 6.11. The lowest BCUT2D eigenvalue weighted by molar-refractivity contribution is 0.103. The van der Waals surface area contributed by atoms with Crippen LogP contribution in [0.4, 0.5) is 5.69 Å². The van der Waals surface area contributed by atoms with Gasteiger partial charge in [-0.2, -0.15) is 10.2 Å². The maximum absolute atomic E-state index is 12.6. The van der Waals surface area contributed by atoms with Gasteiger partial charge in [-0.15, -0.1) is 11.3 Å². The number of rotatable bonds is 7. The van der Waals surface area contributed by atoms with Gasteiger partial charge < -0.3 is 10.1 Å². The van der Waals surface area contributed by atoms with Crippen LogP contribution >= 0.6 is 22.9 Å². The predicted molar refractivity (Wildman–Crippen MR) is 122 cm³/mol. The normalized spacial score (nSPS) is 11.0. The lowest BCUT2D eigenvalue weighted by atomic mass is 10.2. The minimum absolute atomic E-state index is 0.170. The Balaban J connectivity index is 1.35. The van der Waals surface area contributed by atoms with E-state index in [9.17, 15) is 4.79 Å². The highest BCUT2D eigenvalue weighted by Crippen LogP contribution is 2.24. The molecular formula is C22H22ClN5O2S. The third kappa shape index (κ3) is 5.15. The molecule has 0 aliphatic heterocycles. The van der Waals surface area contributed by atoms with Crippen molar-refractivity contribution in [2.75, 3.05) is 5.32 Å². The number of nitrogens with zero attached hydrogens (tertiary/aromatic N) is 4. The number of anilines is 1. The van der Waals surface area contributed by atoms with Crippen molar-refractivity contribution in [2.24, 2.45) is 7.05 Å². The smallest absolute Gasteiger partial charge is 0.265 e. The molecule has 0 aliphatic rings. The lowest BCUT2D eigenvalue weighted by Gasteiger charge is -2.08. The average molecular weight is 456 g/mol. The van der Waals surface area contributed by atoms with Gasteiger partial charge in [-0.3, -0.25) is 14.2 Å². The molecule has 3 heterocycles. The molecule has 4 aromatic rings. The van der Waals surface area contributed by atoms with Crippen molar-refractivity contribution in [3.8, 4) is 5.75 Å². The number of nitrogens with one attached hydrogen (secondary N) is 1. The molecule has 0 aliphatic carbocycles. The summed E-state index contributed by atoms with van der Waals surface area (Å²) in [7, 11) is 1.89. The highest BCUT2D eigenvalue weighted by atomic mass is 35.5. The number of aryl methyl sites for hydroxylation is 3. The third-order valence-electron chi connectivity index (χ3n) is 4.75. The first-order valence-electron chi connectivity index (χ1n) is 9.66. The second-order valence-corrected chi connectivity index (χ2v) is 8.66. The maximum Gasteiger partial charge on any atom is 0.265 e. The molecule has 7 nitrogen and oxygen atoms in total. The van der Waals surface area contributed by atoms with Crippen molar-refractivity contribution < 1.29 is 9.53 Å². The number of carbonyl (C=O) groups is 1. The van der Waals surface area contributed by atoms with E-state index in [0.29, 0.717) is 28.7 Å². The number of hydrogen-bond donors (Lipinski definition) is 1. The standard InChI is InChI=1S/C22H22ClN5O2S/c1-14-6-18(23)4-5-20(14)30-12-16-7-21(31-13-16)22(29)25-19-8-24-28(11-19)10-17-9-27(3)26-15(17)2/h4-9,11,13H,10,12H2,1-3H3,(H,25,29). The van der Waals surface area contributed by atoms with Crippen molar-refractivity contribution in [2.45, 2.75) is 27.0 Å². The number of carbonyl (C=O) groups excluding carboxylic acids is 1. The largest absolute Gasteiger partial charge is 0.489 e. The van der Waals surface area contributed by atoms with Crippen LogP contribution in [0.2, 0.25) is 5.02 Å². The fourth-order valence-corrected chi connectivity index (χ4v) is 4.21. The molecule has 0 saturated carbocycles. The van der Waals surface area contributed by atoms with Crippen LogP contribution < -0.4 is 10.1 Å². The fraction of sp³-hybridized carbons (Fsp3) is 0.227. The molecule has 0 bridgehead atoms. The predicted octanol–water partition coefficient (Wildman–Crippen LogP) is 4.83. The van der Waals surface area contributed by atoms with Crippen LogP contribution in [0.1, 0.15) is 32.1 Å². The summed E-state index contributed by atoms with van der Waals surface area (Å²) in [6.45, 7) is 4.89. The molecule has 0 fully saturated rings. The van der Waals surface area contributed by atoms with Crippen molar-refractivity contribution in [3.63, 3.8) is 0 Å². The molecule has 3 aromatic heterocycles. The van der Waals surface area contributed by atoms with E-state index >= 15 is 0 Å². The molecule has 1 N–H and O–H groups in total. The van der Waals surface area contributed by atoms with Gasteiger partial charge in [-0.05, 0) is 49.1 Å². The van der Waals surface area contributed by atoms with Gasteiger partial charge in [0.05, 0.1) is 29.0 Å². The minimum Gasteiger partial charge on any atom is -0.489 e. The number of thiophene rings is 1. The first-order chi connectivity index (χ1) is 14.9. The van der Waals surface area contributed by atoms with Gasteiger partial charge in [0.2, 0.25) is 0 Å². The maximum atomic E-state index is 12.6. The van der Waals surface area contributed by atoms with E-state index in [1.165, 1.54) is 11.3 Å². The Labute approximate surface area is 189 Å². The molecule has 0 spiro atoms. The van der Waals surface area contributed by atoms with E-state index < -0.39 is 0 Å². The van der Waals surface area contributed by atoms with Crippen LogP contribution in [0.15, 0.2) is 48.2 Å². The highest BCUT2D eigenvalue weighted by Gasteiger charge is 2.12. The minimum atomic E-state index is -0.170. The first kappa shape index (κ1) is 21.1. The van der Waals surface area contributed by atoms with Gasteiger partial charge in [-0.25, -0.2) is 0 Å². The zero-order valence-corrected chi connectivity index (χ0v) is 19.0. The van der Waals surface area contributed by atoms with Gasteiger partial charge >= 0.3 is 0 Å². The Morgan fingerprint density at radius 2 is 2.10 bits per heavy atom. The average Bonchev–Trinajstić information content (AvgIpc) is 3.43. The van der Waals surface area contributed by atoms with Crippen molar-refractivity contribution >= 4 is 34.5 Å². The van der Waals surface area contributed by atoms with Crippen molar-refractivity contribution in [1.82, 2.24) is 19.6 Å². The summed E-state index contributed by atoms with van der Waals surface area (Å²) >= 11 is 7.36. The highest BCUT2D eigenvalue weighted by molar-refractivity contribution is 7.12. The topological polar surface area (TPSA) is 74.0 Å². The number of amides is 1. The Hall–Kier alpha value is -3.10. The van der Waals surface area contributed by atoms with Crippen molar-refractivity contribution in [1.29, 1.82) is 0 Å². The molecule has 1 amide bonds. The first-order valence-corrected chi connectivity index (χ1v) is 10.9. The SMILES string of the molecule is Cc1cc(Cl)ccc1OCc1csc(C(=O)Nc2cnn(Cc3cn(C)nc3C)c2)c1. The summed E-state index contributed by atoms with van der Waals surface area (Å²) in [6.07, 6.45) is 5.42. The fourth-order valence-electron chi connectivity index (χ4n) is 3.19. The molecule has 0 atom stereocenters. The van der Waals surface area contributed by atoms with E-state index in [0.717, 1.165) is 28.1 Å². The zero-order valence-electron chi connectivity index (χ0n) is 17.4. The summed E-state index contributed by atoms with van der Waals surface area (Å²) in [6, 6.07) is 7.35. The molecule has 0 unspecified atom stereocenters. The number of benzene rings is 1. The van der Waals surface area contributed by atoms with Crippen LogP contribution in [0.5, 0.6) is 5.75 Å². The van der Waals surface area contributed by atoms with E-state index in [4.69, 9.17) is 16.3 Å². The van der Waals surface area contributed by atoms with Gasteiger partial charge in [0.15, 0.2) is 0 Å². The second-order valence-electron chi connectivity index (χ2n) is 7.31. The number of hydrogen-bond acceptors (Lipinski definition) is 5. The quantitative estimate of drug-likeness (QED) is 0.433. The number of ether oxygens (including phenoxy) is 1. The summed E-state index contributed by atoms with van der Waals surface area (Å²) in [5, 5.41) is 14.2. The number of halogens is 1. The van der Waals surface area contributed by atoms with E-state index in [-0.39, 0.29) is 5.91 Å². The number of aromatic nitrogens is 4. The van der Waals surface area contributed by atoms with Crippen LogP contribution in [-0.4, -0.2) is 25.5 Å². The zero-order chi connectivity index (χ0) is 22.0. The Bertz CT molecular complexity index is 1230.